The van der Waals surface area contributed by atoms with Crippen LogP contribution < -0.4 is 5.32 Å². The largest absolute Gasteiger partial charge is 0.416 e. The second kappa shape index (κ2) is 5.25. The first-order chi connectivity index (χ1) is 9.00. The predicted molar refractivity (Wildman–Crippen MR) is 62.3 cm³/mol. The predicted octanol–water partition coefficient (Wildman–Crippen LogP) is 2.32. The molecular weight excluding hydrogens is 259 g/mol. The first kappa shape index (κ1) is 13.3. The molecule has 2 rings (SSSR count). The lowest BCUT2D eigenvalue weighted by Crippen LogP contribution is -2.09. The minimum Gasteiger partial charge on any atom is -0.349 e. The molecule has 0 amide bonds. The summed E-state index contributed by atoms with van der Waals surface area (Å²) in [4.78, 5) is 0. The molecule has 1 N–H and O–H groups in total. The summed E-state index contributed by atoms with van der Waals surface area (Å²) in [5.74, 6) is 0.430. The molecule has 2 aromatic rings. The molecule has 0 radical (unpaired) electrons. The number of halogens is 3. The zero-order valence-electron chi connectivity index (χ0n) is 10.1. The smallest absolute Gasteiger partial charge is 0.349 e. The van der Waals surface area contributed by atoms with Crippen molar-refractivity contribution in [1.29, 1.82) is 0 Å². The number of aryl methyl sites for hydroxylation is 1. The Balaban J connectivity index is 2.08. The normalized spacial score (nSPS) is 11.6. The highest BCUT2D eigenvalue weighted by molar-refractivity contribution is 5.30. The summed E-state index contributed by atoms with van der Waals surface area (Å²) in [6, 6.07) is 5.14. The standard InChI is InChI=1S/C11H12F3N5/c1-2-19-10(16-17-18-19)15-7-8-4-3-5-9(6-8)11(12,13)14/h3-6H,2,7H2,1H3,(H,15,16,18). The molecule has 5 nitrogen and oxygen atoms in total. The molecule has 0 atom stereocenters. The van der Waals surface area contributed by atoms with Gasteiger partial charge >= 0.3 is 6.18 Å². The minimum atomic E-state index is -4.33. The number of rotatable bonds is 4. The van der Waals surface area contributed by atoms with Crippen molar-refractivity contribution in [2.24, 2.45) is 0 Å². The van der Waals surface area contributed by atoms with Crippen LogP contribution in [0.2, 0.25) is 0 Å². The first-order valence-corrected chi connectivity index (χ1v) is 5.67. The van der Waals surface area contributed by atoms with Gasteiger partial charge in [-0.05, 0) is 35.0 Å². The number of nitrogens with one attached hydrogen (secondary N) is 1. The molecule has 0 aliphatic carbocycles. The monoisotopic (exact) mass is 271 g/mol. The summed E-state index contributed by atoms with van der Waals surface area (Å²) in [5.41, 5.74) is -0.151. The van der Waals surface area contributed by atoms with E-state index in [-0.39, 0.29) is 6.54 Å². The summed E-state index contributed by atoms with van der Waals surface area (Å²) < 4.78 is 39.2. The molecule has 0 spiro atoms. The topological polar surface area (TPSA) is 55.6 Å². The average Bonchev–Trinajstić information content (AvgIpc) is 2.83. The van der Waals surface area contributed by atoms with Gasteiger partial charge in [-0.25, -0.2) is 4.68 Å². The van der Waals surface area contributed by atoms with E-state index in [0.717, 1.165) is 12.1 Å². The fourth-order valence-corrected chi connectivity index (χ4v) is 1.58. The highest BCUT2D eigenvalue weighted by Gasteiger charge is 2.30. The van der Waals surface area contributed by atoms with E-state index in [1.165, 1.54) is 10.7 Å². The molecule has 1 heterocycles. The zero-order valence-corrected chi connectivity index (χ0v) is 10.1. The van der Waals surface area contributed by atoms with Crippen molar-refractivity contribution in [2.45, 2.75) is 26.2 Å². The van der Waals surface area contributed by atoms with Gasteiger partial charge < -0.3 is 5.32 Å². The number of aromatic nitrogens is 4. The number of nitrogens with zero attached hydrogens (tertiary/aromatic N) is 4. The van der Waals surface area contributed by atoms with Crippen molar-refractivity contribution >= 4 is 5.95 Å². The van der Waals surface area contributed by atoms with Gasteiger partial charge in [-0.15, -0.1) is 0 Å². The number of benzene rings is 1. The van der Waals surface area contributed by atoms with E-state index in [2.05, 4.69) is 20.8 Å². The Kier molecular flexibility index (Phi) is 3.68. The number of hydrogen-bond acceptors (Lipinski definition) is 4. The summed E-state index contributed by atoms with van der Waals surface area (Å²) in [6.07, 6.45) is -4.33. The molecule has 0 aliphatic heterocycles. The fourth-order valence-electron chi connectivity index (χ4n) is 1.58. The molecule has 1 aromatic heterocycles. The highest BCUT2D eigenvalue weighted by Crippen LogP contribution is 2.29. The molecule has 0 aliphatic rings. The van der Waals surface area contributed by atoms with Crippen LogP contribution in [0, 0.1) is 0 Å². The summed E-state index contributed by atoms with van der Waals surface area (Å²) in [6.45, 7) is 2.67. The molecule has 0 unspecified atom stereocenters. The molecule has 0 saturated heterocycles. The van der Waals surface area contributed by atoms with Gasteiger partial charge in [0, 0.05) is 13.1 Å². The molecule has 0 fully saturated rings. The maximum absolute atomic E-state index is 12.5. The van der Waals surface area contributed by atoms with E-state index in [4.69, 9.17) is 0 Å². The van der Waals surface area contributed by atoms with E-state index in [0.29, 0.717) is 18.1 Å². The Morgan fingerprint density at radius 1 is 1.32 bits per heavy atom. The van der Waals surface area contributed by atoms with Gasteiger partial charge in [0.1, 0.15) is 0 Å². The van der Waals surface area contributed by atoms with Gasteiger partial charge in [0.2, 0.25) is 5.95 Å². The average molecular weight is 271 g/mol. The highest BCUT2D eigenvalue weighted by atomic mass is 19.4. The van der Waals surface area contributed by atoms with Crippen LogP contribution in [-0.2, 0) is 19.3 Å². The third-order valence-electron chi connectivity index (χ3n) is 2.54. The van der Waals surface area contributed by atoms with Gasteiger partial charge in [-0.1, -0.05) is 17.2 Å². The van der Waals surface area contributed by atoms with Gasteiger partial charge in [0.05, 0.1) is 5.56 Å². The van der Waals surface area contributed by atoms with E-state index in [1.807, 2.05) is 6.92 Å². The summed E-state index contributed by atoms with van der Waals surface area (Å²) >= 11 is 0. The third-order valence-corrected chi connectivity index (χ3v) is 2.54. The Morgan fingerprint density at radius 3 is 2.79 bits per heavy atom. The zero-order chi connectivity index (χ0) is 13.9. The van der Waals surface area contributed by atoms with Crippen LogP contribution in [0.1, 0.15) is 18.1 Å². The van der Waals surface area contributed by atoms with Crippen LogP contribution in [0.15, 0.2) is 24.3 Å². The van der Waals surface area contributed by atoms with Crippen LogP contribution in [0.5, 0.6) is 0 Å². The number of hydrogen-bond donors (Lipinski definition) is 1. The van der Waals surface area contributed by atoms with Crippen LogP contribution in [0.3, 0.4) is 0 Å². The Bertz CT molecular complexity index is 549. The third kappa shape index (κ3) is 3.21. The van der Waals surface area contributed by atoms with Gasteiger partial charge in [0.25, 0.3) is 0 Å². The second-order valence-electron chi connectivity index (χ2n) is 3.87. The van der Waals surface area contributed by atoms with Crippen LogP contribution in [0.4, 0.5) is 19.1 Å². The Hall–Kier alpha value is -2.12. The number of anilines is 1. The van der Waals surface area contributed by atoms with Crippen LogP contribution in [0.25, 0.3) is 0 Å². The lowest BCUT2D eigenvalue weighted by Gasteiger charge is -2.09. The molecule has 8 heteroatoms. The van der Waals surface area contributed by atoms with E-state index < -0.39 is 11.7 Å². The molecule has 102 valence electrons. The minimum absolute atomic E-state index is 0.226. The van der Waals surface area contributed by atoms with Gasteiger partial charge in [0.15, 0.2) is 0 Å². The molecule has 0 bridgehead atoms. The first-order valence-electron chi connectivity index (χ1n) is 5.67. The number of alkyl halides is 3. The van der Waals surface area contributed by atoms with E-state index >= 15 is 0 Å². The Morgan fingerprint density at radius 2 is 2.11 bits per heavy atom. The molecular formula is C11H12F3N5. The lowest BCUT2D eigenvalue weighted by molar-refractivity contribution is -0.137. The van der Waals surface area contributed by atoms with Crippen molar-refractivity contribution in [3.8, 4) is 0 Å². The SMILES string of the molecule is CCn1nnnc1NCc1cccc(C(F)(F)F)c1. The molecule has 0 saturated carbocycles. The Labute approximate surface area is 107 Å². The number of tetrazole rings is 1. The van der Waals surface area contributed by atoms with Gasteiger partial charge in [-0.2, -0.15) is 13.2 Å². The van der Waals surface area contributed by atoms with Crippen LogP contribution >= 0.6 is 0 Å². The maximum atomic E-state index is 12.5. The van der Waals surface area contributed by atoms with Crippen molar-refractivity contribution < 1.29 is 13.2 Å². The van der Waals surface area contributed by atoms with Crippen molar-refractivity contribution in [3.63, 3.8) is 0 Å². The summed E-state index contributed by atoms with van der Waals surface area (Å²) in [7, 11) is 0. The van der Waals surface area contributed by atoms with Crippen molar-refractivity contribution in [1.82, 2.24) is 20.2 Å². The van der Waals surface area contributed by atoms with E-state index in [1.54, 1.807) is 6.07 Å². The quantitative estimate of drug-likeness (QED) is 0.927. The fraction of sp³-hybridized carbons (Fsp3) is 0.364. The van der Waals surface area contributed by atoms with Crippen LogP contribution in [-0.4, -0.2) is 20.2 Å². The molecule has 19 heavy (non-hydrogen) atoms. The molecule has 1 aromatic carbocycles. The van der Waals surface area contributed by atoms with Crippen molar-refractivity contribution in [2.75, 3.05) is 5.32 Å². The maximum Gasteiger partial charge on any atom is 0.416 e. The summed E-state index contributed by atoms with van der Waals surface area (Å²) in [5, 5.41) is 13.8. The van der Waals surface area contributed by atoms with Gasteiger partial charge in [-0.3, -0.25) is 0 Å². The van der Waals surface area contributed by atoms with E-state index in [9.17, 15) is 13.2 Å². The van der Waals surface area contributed by atoms with Crippen molar-refractivity contribution in [3.05, 3.63) is 35.4 Å². The lowest BCUT2D eigenvalue weighted by atomic mass is 10.1. The second-order valence-corrected chi connectivity index (χ2v) is 3.87.